The van der Waals surface area contributed by atoms with Crippen LogP contribution in [0.25, 0.3) is 0 Å². The van der Waals surface area contributed by atoms with E-state index in [1.165, 1.54) is 0 Å². The second-order valence-corrected chi connectivity index (χ2v) is 9.40. The van der Waals surface area contributed by atoms with E-state index in [2.05, 4.69) is 44.3 Å². The highest BCUT2D eigenvalue weighted by molar-refractivity contribution is 5.78. The molecule has 1 amide bonds. The predicted molar refractivity (Wildman–Crippen MR) is 138 cm³/mol. The molecule has 0 atom stereocenters. The molecule has 196 valence electrons. The van der Waals surface area contributed by atoms with Crippen molar-refractivity contribution in [1.29, 1.82) is 0 Å². The molecule has 3 aromatic rings. The van der Waals surface area contributed by atoms with Gasteiger partial charge in [0.2, 0.25) is 5.91 Å². The molecule has 1 N–H and O–H groups in total. The topological polar surface area (TPSA) is 61.4 Å². The monoisotopic (exact) mass is 511 g/mol. The van der Waals surface area contributed by atoms with Crippen molar-refractivity contribution in [1.82, 2.24) is 20.2 Å². The molecule has 2 heterocycles. The number of aryl methyl sites for hydroxylation is 2. The number of carbonyl (C=O) groups excluding carboxylic acids is 1. The molecule has 9 heteroatoms. The normalized spacial score (nSPS) is 14.6. The zero-order valence-corrected chi connectivity index (χ0v) is 21.2. The van der Waals surface area contributed by atoms with E-state index in [1.807, 2.05) is 36.4 Å². The van der Waals surface area contributed by atoms with E-state index in [-0.39, 0.29) is 24.4 Å². The summed E-state index contributed by atoms with van der Waals surface area (Å²) in [6.07, 6.45) is -2.69. The molecular weight excluding hydrogens is 479 g/mol. The van der Waals surface area contributed by atoms with Crippen LogP contribution in [0.4, 0.5) is 18.9 Å². The summed E-state index contributed by atoms with van der Waals surface area (Å²) < 4.78 is 41.3. The van der Waals surface area contributed by atoms with Crippen LogP contribution < -0.4 is 10.2 Å². The number of likely N-dealkylation sites (N-methyl/N-ethyl adjacent to an activating group) is 2. The minimum atomic E-state index is -4.54. The number of benzene rings is 2. The van der Waals surface area contributed by atoms with Crippen LogP contribution in [0.15, 0.2) is 54.7 Å². The maximum atomic E-state index is 13.8. The van der Waals surface area contributed by atoms with E-state index < -0.39 is 11.7 Å². The van der Waals surface area contributed by atoms with Crippen molar-refractivity contribution in [2.75, 3.05) is 45.2 Å². The number of anilines is 1. The van der Waals surface area contributed by atoms with Gasteiger partial charge in [-0.15, -0.1) is 0 Å². The fourth-order valence-corrected chi connectivity index (χ4v) is 4.57. The van der Waals surface area contributed by atoms with Gasteiger partial charge in [0.1, 0.15) is 5.82 Å². The summed E-state index contributed by atoms with van der Waals surface area (Å²) in [7, 11) is 3.66. The highest BCUT2D eigenvalue weighted by Gasteiger charge is 2.34. The molecule has 0 aliphatic carbocycles. The number of nitrogens with zero attached hydrogens (tertiary/aromatic N) is 4. The third-order valence-corrected chi connectivity index (χ3v) is 6.74. The molecule has 1 aromatic heterocycles. The third-order valence-electron chi connectivity index (χ3n) is 6.74. The zero-order chi connectivity index (χ0) is 26.4. The van der Waals surface area contributed by atoms with Crippen LogP contribution in [0.3, 0.4) is 0 Å². The van der Waals surface area contributed by atoms with Crippen LogP contribution in [0.5, 0.6) is 0 Å². The Balaban J connectivity index is 1.54. The summed E-state index contributed by atoms with van der Waals surface area (Å²) in [6, 6.07) is 15.4. The Morgan fingerprint density at radius 1 is 1.00 bits per heavy atom. The Morgan fingerprint density at radius 3 is 2.43 bits per heavy atom. The second kappa shape index (κ2) is 11.7. The minimum Gasteiger partial charge on any atom is -0.369 e. The highest BCUT2D eigenvalue weighted by Crippen LogP contribution is 2.32. The first-order valence-electron chi connectivity index (χ1n) is 12.4. The lowest BCUT2D eigenvalue weighted by atomic mass is 9.98. The fraction of sp³-hybridized carbons (Fsp3) is 0.393. The lowest BCUT2D eigenvalue weighted by molar-refractivity contribution is -0.138. The number of hydrogen-bond acceptors (Lipinski definition) is 5. The van der Waals surface area contributed by atoms with Crippen LogP contribution >= 0.6 is 0 Å². The summed E-state index contributed by atoms with van der Waals surface area (Å²) in [5, 5.41) is 2.59. The van der Waals surface area contributed by atoms with Crippen molar-refractivity contribution in [3.63, 3.8) is 0 Å². The maximum Gasteiger partial charge on any atom is 0.419 e. The van der Waals surface area contributed by atoms with Crippen LogP contribution in [0.1, 0.15) is 33.8 Å². The Morgan fingerprint density at radius 2 is 1.73 bits per heavy atom. The molecular formula is C28H32F3N5O. The van der Waals surface area contributed by atoms with E-state index in [0.717, 1.165) is 54.8 Å². The number of halogens is 3. The molecule has 2 aromatic carbocycles. The van der Waals surface area contributed by atoms with Crippen LogP contribution in [0, 0.1) is 0 Å². The van der Waals surface area contributed by atoms with Crippen molar-refractivity contribution >= 4 is 11.6 Å². The van der Waals surface area contributed by atoms with Crippen LogP contribution in [-0.4, -0.2) is 61.0 Å². The van der Waals surface area contributed by atoms with Crippen LogP contribution in [-0.2, 0) is 36.7 Å². The Labute approximate surface area is 215 Å². The van der Waals surface area contributed by atoms with Crippen molar-refractivity contribution in [2.24, 2.45) is 0 Å². The van der Waals surface area contributed by atoms with Gasteiger partial charge in [-0.25, -0.2) is 9.97 Å². The van der Waals surface area contributed by atoms with Crippen molar-refractivity contribution in [3.8, 4) is 0 Å². The predicted octanol–water partition coefficient (Wildman–Crippen LogP) is 3.91. The number of piperazine rings is 1. The molecule has 0 unspecified atom stereocenters. The molecule has 37 heavy (non-hydrogen) atoms. The molecule has 4 rings (SSSR count). The van der Waals surface area contributed by atoms with Crippen LogP contribution in [0.2, 0.25) is 0 Å². The first-order valence-corrected chi connectivity index (χ1v) is 12.4. The molecule has 0 spiro atoms. The van der Waals surface area contributed by atoms with E-state index in [9.17, 15) is 18.0 Å². The number of alkyl halides is 3. The number of nitrogens with one attached hydrogen (secondary N) is 1. The molecule has 0 bridgehead atoms. The largest absolute Gasteiger partial charge is 0.419 e. The quantitative estimate of drug-likeness (QED) is 0.497. The van der Waals surface area contributed by atoms with Gasteiger partial charge in [0, 0.05) is 51.5 Å². The molecule has 1 saturated heterocycles. The molecule has 1 aliphatic heterocycles. The number of rotatable bonds is 8. The number of hydrogen-bond donors (Lipinski definition) is 1. The molecule has 1 fully saturated rings. The van der Waals surface area contributed by atoms with Crippen molar-refractivity contribution in [3.05, 3.63) is 88.5 Å². The summed E-state index contributed by atoms with van der Waals surface area (Å²) in [6.45, 7) is 3.84. The van der Waals surface area contributed by atoms with Gasteiger partial charge in [-0.1, -0.05) is 36.4 Å². The third kappa shape index (κ3) is 7.07. The van der Waals surface area contributed by atoms with Gasteiger partial charge in [-0.05, 0) is 48.7 Å². The molecule has 1 aliphatic rings. The fourth-order valence-electron chi connectivity index (χ4n) is 4.57. The summed E-state index contributed by atoms with van der Waals surface area (Å²) in [5.74, 6) is 0.212. The SMILES string of the molecule is CNC(=O)Cc1ccccc1CCc1nc(Cc2cccc(N3CCN(C)CC3)c2)ncc1C(F)(F)F. The second-order valence-electron chi connectivity index (χ2n) is 9.40. The molecule has 6 nitrogen and oxygen atoms in total. The number of carbonyl (C=O) groups is 1. The minimum absolute atomic E-state index is 0.0255. The Bertz CT molecular complexity index is 1220. The molecule has 0 radical (unpaired) electrons. The number of aromatic nitrogens is 2. The first-order chi connectivity index (χ1) is 17.7. The van der Waals surface area contributed by atoms with Gasteiger partial charge in [-0.3, -0.25) is 4.79 Å². The van der Waals surface area contributed by atoms with Gasteiger partial charge in [0.05, 0.1) is 17.7 Å². The smallest absolute Gasteiger partial charge is 0.369 e. The average molecular weight is 512 g/mol. The van der Waals surface area contributed by atoms with Gasteiger partial charge in [0.25, 0.3) is 0 Å². The van der Waals surface area contributed by atoms with E-state index in [0.29, 0.717) is 18.7 Å². The average Bonchev–Trinajstić information content (AvgIpc) is 2.88. The Kier molecular flexibility index (Phi) is 8.43. The van der Waals surface area contributed by atoms with Gasteiger partial charge >= 0.3 is 6.18 Å². The zero-order valence-electron chi connectivity index (χ0n) is 21.2. The maximum absolute atomic E-state index is 13.8. The van der Waals surface area contributed by atoms with E-state index in [4.69, 9.17) is 0 Å². The van der Waals surface area contributed by atoms with E-state index >= 15 is 0 Å². The summed E-state index contributed by atoms with van der Waals surface area (Å²) in [5.41, 5.74) is 2.85. The number of amides is 1. The highest BCUT2D eigenvalue weighted by atomic mass is 19.4. The Hall–Kier alpha value is -3.46. The van der Waals surface area contributed by atoms with Crippen molar-refractivity contribution in [2.45, 2.75) is 31.9 Å². The molecule has 0 saturated carbocycles. The standard InChI is InChI=1S/C28H32F3N5O/c1-32-27(37)18-22-8-4-3-7-21(22)10-11-25-24(28(29,30)31)19-33-26(34-25)17-20-6-5-9-23(16-20)36-14-12-35(2)13-15-36/h3-9,16,19H,10-15,17-18H2,1-2H3,(H,32,37). The van der Waals surface area contributed by atoms with Gasteiger partial charge < -0.3 is 15.1 Å². The van der Waals surface area contributed by atoms with Gasteiger partial charge in [0.15, 0.2) is 0 Å². The summed E-state index contributed by atoms with van der Waals surface area (Å²) in [4.78, 5) is 24.9. The van der Waals surface area contributed by atoms with Gasteiger partial charge in [-0.2, -0.15) is 13.2 Å². The van der Waals surface area contributed by atoms with Crippen molar-refractivity contribution < 1.29 is 18.0 Å². The lowest BCUT2D eigenvalue weighted by Crippen LogP contribution is -2.44. The van der Waals surface area contributed by atoms with E-state index in [1.54, 1.807) is 7.05 Å². The lowest BCUT2D eigenvalue weighted by Gasteiger charge is -2.34. The summed E-state index contributed by atoms with van der Waals surface area (Å²) >= 11 is 0. The first kappa shape index (κ1) is 26.6.